The molecule has 0 aliphatic rings. The van der Waals surface area contributed by atoms with Crippen LogP contribution in [0.3, 0.4) is 0 Å². The van der Waals surface area contributed by atoms with Crippen LogP contribution in [0, 0.1) is 17.0 Å². The molecule has 120 valence electrons. The lowest BCUT2D eigenvalue weighted by Gasteiger charge is -2.05. The first kappa shape index (κ1) is 16.6. The summed E-state index contributed by atoms with van der Waals surface area (Å²) in [5, 5.41) is 13.7. The van der Waals surface area contributed by atoms with Crippen molar-refractivity contribution in [2.45, 2.75) is 13.3 Å². The number of rotatable bonds is 5. The van der Waals surface area contributed by atoms with E-state index in [2.05, 4.69) is 10.1 Å². The van der Waals surface area contributed by atoms with Crippen molar-refractivity contribution in [3.63, 3.8) is 0 Å². The van der Waals surface area contributed by atoms with E-state index in [4.69, 9.17) is 0 Å². The number of benzene rings is 1. The molecule has 0 fully saturated rings. The molecule has 1 N–H and O–H groups in total. The van der Waals surface area contributed by atoms with Gasteiger partial charge in [-0.1, -0.05) is 12.1 Å². The van der Waals surface area contributed by atoms with E-state index in [0.29, 0.717) is 16.1 Å². The van der Waals surface area contributed by atoms with Crippen LogP contribution in [0.4, 0.5) is 10.7 Å². The fourth-order valence-electron chi connectivity index (χ4n) is 1.96. The lowest BCUT2D eigenvalue weighted by atomic mass is 10.1. The highest BCUT2D eigenvalue weighted by molar-refractivity contribution is 7.16. The number of carbonyl (C=O) groups is 2. The third-order valence-corrected chi connectivity index (χ3v) is 3.99. The SMILES string of the molecule is COC(=O)c1cc(C)sc1NC(=O)Cc1ccc([N+](=O)[O-])cc1. The largest absolute Gasteiger partial charge is 0.465 e. The van der Waals surface area contributed by atoms with Crippen molar-refractivity contribution in [3.8, 4) is 0 Å². The van der Waals surface area contributed by atoms with Crippen LogP contribution >= 0.6 is 11.3 Å². The first-order valence-electron chi connectivity index (χ1n) is 6.62. The Hall–Kier alpha value is -2.74. The number of anilines is 1. The Kier molecular flexibility index (Phi) is 5.07. The summed E-state index contributed by atoms with van der Waals surface area (Å²) < 4.78 is 4.68. The summed E-state index contributed by atoms with van der Waals surface area (Å²) >= 11 is 1.28. The van der Waals surface area contributed by atoms with Gasteiger partial charge in [0, 0.05) is 17.0 Å². The zero-order valence-electron chi connectivity index (χ0n) is 12.5. The van der Waals surface area contributed by atoms with E-state index in [1.807, 2.05) is 6.92 Å². The van der Waals surface area contributed by atoms with E-state index in [0.717, 1.165) is 4.88 Å². The molecular weight excluding hydrogens is 320 g/mol. The quantitative estimate of drug-likeness (QED) is 0.515. The molecule has 0 aliphatic carbocycles. The molecule has 1 heterocycles. The number of nitrogens with zero attached hydrogens (tertiary/aromatic N) is 1. The smallest absolute Gasteiger partial charge is 0.340 e. The second kappa shape index (κ2) is 7.01. The second-order valence-electron chi connectivity index (χ2n) is 4.74. The number of amides is 1. The zero-order chi connectivity index (χ0) is 17.0. The van der Waals surface area contributed by atoms with Gasteiger partial charge in [-0.3, -0.25) is 14.9 Å². The molecule has 0 spiro atoms. The molecular formula is C15H14N2O5S. The van der Waals surface area contributed by atoms with Gasteiger partial charge < -0.3 is 10.1 Å². The predicted molar refractivity (Wildman–Crippen MR) is 85.8 cm³/mol. The summed E-state index contributed by atoms with van der Waals surface area (Å²) in [6, 6.07) is 7.39. The van der Waals surface area contributed by atoms with Crippen LogP contribution in [0.2, 0.25) is 0 Å². The van der Waals surface area contributed by atoms with Gasteiger partial charge in [-0.05, 0) is 18.6 Å². The van der Waals surface area contributed by atoms with Gasteiger partial charge in [-0.2, -0.15) is 0 Å². The molecule has 1 aromatic heterocycles. The number of methoxy groups -OCH3 is 1. The van der Waals surface area contributed by atoms with Gasteiger partial charge in [0.05, 0.1) is 24.0 Å². The first-order valence-corrected chi connectivity index (χ1v) is 7.44. The molecule has 1 aromatic carbocycles. The van der Waals surface area contributed by atoms with Gasteiger partial charge >= 0.3 is 5.97 Å². The summed E-state index contributed by atoms with van der Waals surface area (Å²) in [4.78, 5) is 34.7. The van der Waals surface area contributed by atoms with Gasteiger partial charge in [0.1, 0.15) is 5.00 Å². The Morgan fingerprint density at radius 3 is 2.52 bits per heavy atom. The minimum absolute atomic E-state index is 0.0315. The van der Waals surface area contributed by atoms with Crippen molar-refractivity contribution in [2.75, 3.05) is 12.4 Å². The first-order chi connectivity index (χ1) is 10.9. The number of non-ortho nitro benzene ring substituents is 1. The molecule has 23 heavy (non-hydrogen) atoms. The number of ether oxygens (including phenoxy) is 1. The standard InChI is InChI=1S/C15H14N2O5S/c1-9-7-12(15(19)22-2)14(23-9)16-13(18)8-10-3-5-11(6-4-10)17(20)21/h3-7H,8H2,1-2H3,(H,16,18). The maximum Gasteiger partial charge on any atom is 0.340 e. The maximum absolute atomic E-state index is 12.1. The number of esters is 1. The third kappa shape index (κ3) is 4.13. The Morgan fingerprint density at radius 2 is 1.96 bits per heavy atom. The van der Waals surface area contributed by atoms with Crippen LogP contribution in [0.25, 0.3) is 0 Å². The lowest BCUT2D eigenvalue weighted by Crippen LogP contribution is -2.15. The number of hydrogen-bond acceptors (Lipinski definition) is 6. The molecule has 0 atom stereocenters. The minimum atomic E-state index is -0.514. The Bertz CT molecular complexity index is 752. The highest BCUT2D eigenvalue weighted by Gasteiger charge is 2.17. The molecule has 2 aromatic rings. The number of aryl methyl sites for hydroxylation is 1. The third-order valence-electron chi connectivity index (χ3n) is 3.03. The monoisotopic (exact) mass is 334 g/mol. The summed E-state index contributed by atoms with van der Waals surface area (Å²) in [6.07, 6.45) is 0.0511. The second-order valence-corrected chi connectivity index (χ2v) is 6.00. The molecule has 1 amide bonds. The topological polar surface area (TPSA) is 98.5 Å². The van der Waals surface area contributed by atoms with Gasteiger partial charge in [0.2, 0.25) is 5.91 Å². The van der Waals surface area contributed by atoms with E-state index < -0.39 is 10.9 Å². The molecule has 2 rings (SSSR count). The zero-order valence-corrected chi connectivity index (χ0v) is 13.3. The highest BCUT2D eigenvalue weighted by Crippen LogP contribution is 2.28. The molecule has 0 saturated heterocycles. The predicted octanol–water partition coefficient (Wildman–Crippen LogP) is 2.93. The van der Waals surface area contributed by atoms with Gasteiger partial charge in [-0.25, -0.2) is 4.79 Å². The maximum atomic E-state index is 12.1. The van der Waals surface area contributed by atoms with E-state index in [1.165, 1.54) is 42.7 Å². The van der Waals surface area contributed by atoms with Crippen LogP contribution in [0.5, 0.6) is 0 Å². The van der Waals surface area contributed by atoms with E-state index in [1.54, 1.807) is 6.07 Å². The van der Waals surface area contributed by atoms with Crippen molar-refractivity contribution in [1.82, 2.24) is 0 Å². The summed E-state index contributed by atoms with van der Waals surface area (Å²) in [5.74, 6) is -0.828. The lowest BCUT2D eigenvalue weighted by molar-refractivity contribution is -0.384. The van der Waals surface area contributed by atoms with Crippen molar-refractivity contribution in [1.29, 1.82) is 0 Å². The van der Waals surface area contributed by atoms with Crippen molar-refractivity contribution >= 4 is 33.9 Å². The molecule has 0 radical (unpaired) electrons. The molecule has 0 bridgehead atoms. The van der Waals surface area contributed by atoms with Gasteiger partial charge in [0.25, 0.3) is 5.69 Å². The van der Waals surface area contributed by atoms with Crippen molar-refractivity contribution < 1.29 is 19.2 Å². The van der Waals surface area contributed by atoms with Crippen LogP contribution in [0.1, 0.15) is 20.8 Å². The number of nitrogens with one attached hydrogen (secondary N) is 1. The number of thiophene rings is 1. The van der Waals surface area contributed by atoms with Crippen LogP contribution in [-0.2, 0) is 16.0 Å². The number of hydrogen-bond donors (Lipinski definition) is 1. The fraction of sp³-hybridized carbons (Fsp3) is 0.200. The average Bonchev–Trinajstić information content (AvgIpc) is 2.87. The molecule has 0 unspecified atom stereocenters. The summed E-state index contributed by atoms with van der Waals surface area (Å²) in [6.45, 7) is 1.82. The Balaban J connectivity index is 2.08. The Labute approximate surface area is 136 Å². The highest BCUT2D eigenvalue weighted by atomic mass is 32.1. The summed E-state index contributed by atoms with van der Waals surface area (Å²) in [5.41, 5.74) is 0.920. The number of carbonyl (C=O) groups excluding carboxylic acids is 2. The fourth-order valence-corrected chi connectivity index (χ4v) is 2.88. The molecule has 0 aliphatic heterocycles. The van der Waals surface area contributed by atoms with Gasteiger partial charge in [0.15, 0.2) is 0 Å². The van der Waals surface area contributed by atoms with Crippen LogP contribution in [-0.4, -0.2) is 23.9 Å². The van der Waals surface area contributed by atoms with E-state index in [-0.39, 0.29) is 18.0 Å². The molecule has 8 heteroatoms. The van der Waals surface area contributed by atoms with Crippen LogP contribution < -0.4 is 5.32 Å². The van der Waals surface area contributed by atoms with Crippen LogP contribution in [0.15, 0.2) is 30.3 Å². The van der Waals surface area contributed by atoms with E-state index >= 15 is 0 Å². The normalized spacial score (nSPS) is 10.2. The van der Waals surface area contributed by atoms with Crippen molar-refractivity contribution in [3.05, 3.63) is 56.5 Å². The van der Waals surface area contributed by atoms with Crippen molar-refractivity contribution in [2.24, 2.45) is 0 Å². The van der Waals surface area contributed by atoms with E-state index in [9.17, 15) is 19.7 Å². The summed E-state index contributed by atoms with van der Waals surface area (Å²) in [7, 11) is 1.28. The van der Waals surface area contributed by atoms with Gasteiger partial charge in [-0.15, -0.1) is 11.3 Å². The Morgan fingerprint density at radius 1 is 1.30 bits per heavy atom. The minimum Gasteiger partial charge on any atom is -0.465 e. The number of nitro benzene ring substituents is 1. The molecule has 0 saturated carbocycles. The molecule has 7 nitrogen and oxygen atoms in total. The average molecular weight is 334 g/mol. The number of nitro groups is 1.